The highest BCUT2D eigenvalue weighted by Gasteiger charge is 2.16. The zero-order valence-electron chi connectivity index (χ0n) is 11.6. The van der Waals surface area contributed by atoms with Crippen molar-refractivity contribution in [3.05, 3.63) is 64.1 Å². The average molecular weight is 352 g/mol. The fourth-order valence-corrected chi connectivity index (χ4v) is 4.04. The maximum Gasteiger partial charge on any atom is 0.0549 e. The molecule has 0 amide bonds. The van der Waals surface area contributed by atoms with Gasteiger partial charge in [-0.25, -0.2) is 0 Å². The normalized spacial score (nSPS) is 13.9. The van der Waals surface area contributed by atoms with Crippen molar-refractivity contribution in [3.8, 4) is 0 Å². The van der Waals surface area contributed by atoms with Gasteiger partial charge in [0.2, 0.25) is 0 Å². The molecule has 0 saturated carbocycles. The van der Waals surface area contributed by atoms with Crippen molar-refractivity contribution in [2.24, 2.45) is 0 Å². The van der Waals surface area contributed by atoms with Gasteiger partial charge in [-0.15, -0.1) is 0 Å². The van der Waals surface area contributed by atoms with Crippen LogP contribution in [0.4, 0.5) is 0 Å². The molecule has 0 bridgehead atoms. The van der Waals surface area contributed by atoms with Crippen LogP contribution < -0.4 is 5.32 Å². The van der Waals surface area contributed by atoms with Crippen LogP contribution in [0, 0.1) is 6.92 Å². The first-order valence-electron chi connectivity index (χ1n) is 6.48. The van der Waals surface area contributed by atoms with Gasteiger partial charge in [-0.2, -0.15) is 0 Å². The molecule has 0 fully saturated rings. The molecule has 2 rings (SSSR count). The van der Waals surface area contributed by atoms with E-state index >= 15 is 0 Å². The van der Waals surface area contributed by atoms with Gasteiger partial charge >= 0.3 is 0 Å². The molecule has 0 saturated heterocycles. The summed E-state index contributed by atoms with van der Waals surface area (Å²) in [5.74, 6) is 0.567. The van der Waals surface area contributed by atoms with Crippen LogP contribution in [0.15, 0.2) is 57.9 Å². The van der Waals surface area contributed by atoms with Crippen molar-refractivity contribution < 1.29 is 4.21 Å². The quantitative estimate of drug-likeness (QED) is 0.886. The molecule has 2 unspecified atom stereocenters. The Morgan fingerprint density at radius 3 is 2.60 bits per heavy atom. The van der Waals surface area contributed by atoms with Crippen LogP contribution in [0.5, 0.6) is 0 Å². The van der Waals surface area contributed by atoms with Crippen LogP contribution in [-0.2, 0) is 10.8 Å². The largest absolute Gasteiger partial charge is 0.312 e. The van der Waals surface area contributed by atoms with E-state index in [-0.39, 0.29) is 6.04 Å². The van der Waals surface area contributed by atoms with E-state index in [0.29, 0.717) is 5.75 Å². The first kappa shape index (κ1) is 15.4. The van der Waals surface area contributed by atoms with E-state index < -0.39 is 10.8 Å². The van der Waals surface area contributed by atoms with E-state index in [4.69, 9.17) is 0 Å². The van der Waals surface area contributed by atoms with Gasteiger partial charge in [0.15, 0.2) is 0 Å². The first-order valence-corrected chi connectivity index (χ1v) is 8.59. The van der Waals surface area contributed by atoms with Gasteiger partial charge in [-0.1, -0.05) is 46.3 Å². The molecule has 0 heterocycles. The summed E-state index contributed by atoms with van der Waals surface area (Å²) < 4.78 is 13.5. The van der Waals surface area contributed by atoms with E-state index in [9.17, 15) is 4.21 Å². The number of rotatable bonds is 5. The van der Waals surface area contributed by atoms with Gasteiger partial charge < -0.3 is 5.32 Å². The van der Waals surface area contributed by atoms with Crippen LogP contribution in [0.25, 0.3) is 0 Å². The highest BCUT2D eigenvalue weighted by Crippen LogP contribution is 2.21. The molecule has 0 radical (unpaired) electrons. The SMILES string of the molecule is CNC(CS(=O)c1cccc(Br)c1)c1ccccc1C. The van der Waals surface area contributed by atoms with Crippen molar-refractivity contribution in [1.82, 2.24) is 5.32 Å². The molecule has 2 aromatic carbocycles. The zero-order chi connectivity index (χ0) is 14.5. The lowest BCUT2D eigenvalue weighted by Crippen LogP contribution is -2.23. The van der Waals surface area contributed by atoms with Crippen LogP contribution in [0.1, 0.15) is 17.2 Å². The lowest BCUT2D eigenvalue weighted by atomic mass is 10.0. The number of halogens is 1. The van der Waals surface area contributed by atoms with Crippen LogP contribution in [-0.4, -0.2) is 17.0 Å². The molecule has 106 valence electrons. The van der Waals surface area contributed by atoms with Crippen LogP contribution >= 0.6 is 15.9 Å². The molecule has 2 nitrogen and oxygen atoms in total. The van der Waals surface area contributed by atoms with Gasteiger partial charge in [0.25, 0.3) is 0 Å². The molecule has 2 aromatic rings. The average Bonchev–Trinajstić information content (AvgIpc) is 2.45. The molecule has 20 heavy (non-hydrogen) atoms. The highest BCUT2D eigenvalue weighted by atomic mass is 79.9. The second-order valence-corrected chi connectivity index (χ2v) is 7.08. The third kappa shape index (κ3) is 3.78. The first-order chi connectivity index (χ1) is 9.61. The molecule has 2 atom stereocenters. The standard InChI is InChI=1S/C16H18BrNOS/c1-12-6-3-4-9-15(12)16(18-2)11-20(19)14-8-5-7-13(17)10-14/h3-10,16,18H,11H2,1-2H3. The highest BCUT2D eigenvalue weighted by molar-refractivity contribution is 9.10. The number of aryl methyl sites for hydroxylation is 1. The number of hydrogen-bond acceptors (Lipinski definition) is 2. The lowest BCUT2D eigenvalue weighted by Gasteiger charge is -2.18. The molecular weight excluding hydrogens is 334 g/mol. The number of nitrogens with one attached hydrogen (secondary N) is 1. The Kier molecular flexibility index (Phi) is 5.52. The minimum absolute atomic E-state index is 0.0935. The monoisotopic (exact) mass is 351 g/mol. The number of benzene rings is 2. The topological polar surface area (TPSA) is 29.1 Å². The van der Waals surface area contributed by atoms with E-state index in [0.717, 1.165) is 9.37 Å². The summed E-state index contributed by atoms with van der Waals surface area (Å²) in [6, 6.07) is 16.0. The molecule has 0 spiro atoms. The maximum absolute atomic E-state index is 12.5. The fraction of sp³-hybridized carbons (Fsp3) is 0.250. The van der Waals surface area contributed by atoms with Gasteiger partial charge in [0, 0.05) is 21.2 Å². The van der Waals surface area contributed by atoms with E-state index in [1.54, 1.807) is 0 Å². The van der Waals surface area contributed by atoms with Gasteiger partial charge in [0.05, 0.1) is 10.8 Å². The summed E-state index contributed by atoms with van der Waals surface area (Å²) in [5, 5.41) is 3.27. The van der Waals surface area contributed by atoms with Crippen molar-refractivity contribution in [2.45, 2.75) is 17.9 Å². The van der Waals surface area contributed by atoms with Gasteiger partial charge in [-0.3, -0.25) is 4.21 Å². The Labute approximate surface area is 131 Å². The molecule has 0 aliphatic heterocycles. The summed E-state index contributed by atoms with van der Waals surface area (Å²) >= 11 is 3.42. The summed E-state index contributed by atoms with van der Waals surface area (Å²) in [6.45, 7) is 2.09. The van der Waals surface area contributed by atoms with Crippen LogP contribution in [0.3, 0.4) is 0 Å². The predicted molar refractivity (Wildman–Crippen MR) is 88.4 cm³/mol. The number of hydrogen-bond donors (Lipinski definition) is 1. The van der Waals surface area contributed by atoms with Gasteiger partial charge in [0.1, 0.15) is 0 Å². The Hall–Kier alpha value is -0.970. The van der Waals surface area contributed by atoms with Crippen LogP contribution in [0.2, 0.25) is 0 Å². The molecule has 0 aliphatic carbocycles. The molecule has 4 heteroatoms. The van der Waals surface area contributed by atoms with Crippen molar-refractivity contribution in [2.75, 3.05) is 12.8 Å². The second kappa shape index (κ2) is 7.16. The minimum atomic E-state index is -1.02. The second-order valence-electron chi connectivity index (χ2n) is 4.67. The van der Waals surface area contributed by atoms with E-state index in [2.05, 4.69) is 40.3 Å². The Bertz CT molecular complexity index is 615. The summed E-state index contributed by atoms with van der Waals surface area (Å²) in [5.41, 5.74) is 2.43. The summed E-state index contributed by atoms with van der Waals surface area (Å²) in [6.07, 6.45) is 0. The fourth-order valence-electron chi connectivity index (χ4n) is 2.16. The zero-order valence-corrected chi connectivity index (χ0v) is 14.0. The molecule has 0 aromatic heterocycles. The third-order valence-corrected chi connectivity index (χ3v) is 5.20. The Morgan fingerprint density at radius 1 is 1.20 bits per heavy atom. The van der Waals surface area contributed by atoms with Crippen molar-refractivity contribution in [1.29, 1.82) is 0 Å². The summed E-state index contributed by atoms with van der Waals surface area (Å²) in [7, 11) is 0.887. The predicted octanol–water partition coefficient (Wildman–Crippen LogP) is 3.83. The molecule has 1 N–H and O–H groups in total. The smallest absolute Gasteiger partial charge is 0.0549 e. The molecular formula is C16H18BrNOS. The maximum atomic E-state index is 12.5. The van der Waals surface area contributed by atoms with Gasteiger partial charge in [-0.05, 0) is 43.3 Å². The van der Waals surface area contributed by atoms with E-state index in [1.165, 1.54) is 11.1 Å². The van der Waals surface area contributed by atoms with E-state index in [1.807, 2.05) is 43.4 Å². The summed E-state index contributed by atoms with van der Waals surface area (Å²) in [4.78, 5) is 0.855. The van der Waals surface area contributed by atoms with Crippen molar-refractivity contribution in [3.63, 3.8) is 0 Å². The van der Waals surface area contributed by atoms with Crippen molar-refractivity contribution >= 4 is 26.7 Å². The Balaban J connectivity index is 2.19. The molecule has 0 aliphatic rings. The lowest BCUT2D eigenvalue weighted by molar-refractivity contribution is 0.633. The Morgan fingerprint density at radius 2 is 1.95 bits per heavy atom. The third-order valence-electron chi connectivity index (χ3n) is 3.29. The minimum Gasteiger partial charge on any atom is -0.312 e.